The number of nitrogens with two attached hydrogens (primary N) is 1. The molecule has 1 saturated heterocycles. The van der Waals surface area contributed by atoms with Gasteiger partial charge < -0.3 is 20.5 Å². The van der Waals surface area contributed by atoms with Gasteiger partial charge in [-0.1, -0.05) is 23.4 Å². The molecule has 3 N–H and O–H groups in total. The molecule has 4 rings (SSSR count). The third-order valence-corrected chi connectivity index (χ3v) is 4.67. The summed E-state index contributed by atoms with van der Waals surface area (Å²) >= 11 is 7.14. The summed E-state index contributed by atoms with van der Waals surface area (Å²) in [6, 6.07) is 1.86. The summed E-state index contributed by atoms with van der Waals surface area (Å²) in [6.07, 6.45) is 3.18. The second-order valence-corrected chi connectivity index (χ2v) is 6.58. The first-order valence-electron chi connectivity index (χ1n) is 6.59. The van der Waals surface area contributed by atoms with E-state index in [0.717, 1.165) is 4.90 Å². The molecule has 7 nitrogen and oxygen atoms in total. The van der Waals surface area contributed by atoms with Crippen LogP contribution in [0.25, 0.3) is 0 Å². The van der Waals surface area contributed by atoms with Crippen LogP contribution in [0.1, 0.15) is 0 Å². The molecule has 0 unspecified atom stereocenters. The number of anilines is 2. The summed E-state index contributed by atoms with van der Waals surface area (Å²) in [5.74, 6) is 1.69. The van der Waals surface area contributed by atoms with Crippen molar-refractivity contribution in [2.75, 3.05) is 30.9 Å². The third kappa shape index (κ3) is 2.33. The van der Waals surface area contributed by atoms with Crippen molar-refractivity contribution in [2.24, 2.45) is 0 Å². The number of hydrogen-bond donors (Lipinski definition) is 2. The highest BCUT2D eigenvalue weighted by molar-refractivity contribution is 7.99. The second kappa shape index (κ2) is 5.15. The Hall–Kier alpha value is -1.77. The monoisotopic (exact) mass is 337 g/mol. The summed E-state index contributed by atoms with van der Waals surface area (Å²) in [5, 5.41) is 4.24. The van der Waals surface area contributed by atoms with Crippen molar-refractivity contribution in [3.05, 3.63) is 23.6 Å². The van der Waals surface area contributed by atoms with E-state index in [2.05, 4.69) is 20.3 Å². The van der Waals surface area contributed by atoms with E-state index in [1.165, 1.54) is 18.0 Å². The molecule has 0 aliphatic carbocycles. The molecule has 2 aliphatic rings. The zero-order chi connectivity index (χ0) is 15.2. The number of aromatic nitrogens is 3. The van der Waals surface area contributed by atoms with Gasteiger partial charge in [-0.2, -0.15) is 0 Å². The van der Waals surface area contributed by atoms with E-state index in [1.807, 2.05) is 6.07 Å². The summed E-state index contributed by atoms with van der Waals surface area (Å²) in [4.78, 5) is 13.4. The van der Waals surface area contributed by atoms with Gasteiger partial charge >= 0.3 is 0 Å². The predicted molar refractivity (Wildman–Crippen MR) is 82.5 cm³/mol. The maximum atomic E-state index is 5.91. The van der Waals surface area contributed by atoms with Gasteiger partial charge in [-0.3, -0.25) is 0 Å². The number of nitrogen functional groups attached to an aromatic ring is 1. The first kappa shape index (κ1) is 13.9. The van der Waals surface area contributed by atoms with Crippen LogP contribution in [-0.4, -0.2) is 40.3 Å². The molecule has 2 aromatic rings. The fourth-order valence-corrected chi connectivity index (χ4v) is 3.27. The average molecular weight is 338 g/mol. The molecule has 0 amide bonds. The van der Waals surface area contributed by atoms with Crippen LogP contribution >= 0.6 is 23.4 Å². The second-order valence-electron chi connectivity index (χ2n) is 5.16. The Labute approximate surface area is 135 Å². The number of pyridine rings is 1. The largest absolute Gasteiger partial charge is 0.486 e. The molecular formula is C13H12ClN5O2S. The maximum absolute atomic E-state index is 5.91. The summed E-state index contributed by atoms with van der Waals surface area (Å²) in [6.45, 7) is 1.79. The molecular weight excluding hydrogens is 326 g/mol. The molecule has 114 valence electrons. The Bertz CT molecular complexity index is 740. The summed E-state index contributed by atoms with van der Waals surface area (Å²) in [5.41, 5.74) is 5.70. The smallest absolute Gasteiger partial charge is 0.175 e. The van der Waals surface area contributed by atoms with Crippen LogP contribution < -0.4 is 15.8 Å². The van der Waals surface area contributed by atoms with Gasteiger partial charge in [-0.25, -0.2) is 15.0 Å². The molecule has 1 spiro atoms. The van der Waals surface area contributed by atoms with Crippen molar-refractivity contribution in [3.8, 4) is 5.75 Å². The maximum Gasteiger partial charge on any atom is 0.175 e. The topological polar surface area (TPSA) is 95.2 Å². The summed E-state index contributed by atoms with van der Waals surface area (Å²) in [7, 11) is 0. The van der Waals surface area contributed by atoms with Crippen LogP contribution in [0, 0.1) is 0 Å². The van der Waals surface area contributed by atoms with Crippen LogP contribution in [0.5, 0.6) is 5.75 Å². The van der Waals surface area contributed by atoms with Gasteiger partial charge in [0.25, 0.3) is 0 Å². The molecule has 4 heterocycles. The lowest BCUT2D eigenvalue weighted by atomic mass is 9.97. The Kier molecular flexibility index (Phi) is 3.24. The van der Waals surface area contributed by atoms with Crippen LogP contribution in [0.15, 0.2) is 28.4 Å². The highest BCUT2D eigenvalue weighted by atomic mass is 35.5. The fourth-order valence-electron chi connectivity index (χ4n) is 2.29. The number of hydrogen-bond acceptors (Lipinski definition) is 8. The van der Waals surface area contributed by atoms with Gasteiger partial charge in [0.15, 0.2) is 17.4 Å². The van der Waals surface area contributed by atoms with Gasteiger partial charge in [0.1, 0.15) is 22.3 Å². The Morgan fingerprint density at radius 1 is 1.32 bits per heavy atom. The molecule has 9 heteroatoms. The highest BCUT2D eigenvalue weighted by Gasteiger charge is 2.43. The summed E-state index contributed by atoms with van der Waals surface area (Å²) < 4.78 is 11.2. The zero-order valence-corrected chi connectivity index (χ0v) is 12.9. The standard InChI is InChI=1S/C13H12ClN5O2S/c14-8-3-17-12(10(15)18-8)22-7-1-2-16-11-9(7)21-6-13(19-11)4-20-5-13/h1-3H,4-6H2,(H2,15,18)(H,16,19). The highest BCUT2D eigenvalue weighted by Crippen LogP contribution is 2.43. The first-order valence-corrected chi connectivity index (χ1v) is 7.78. The lowest BCUT2D eigenvalue weighted by molar-refractivity contribution is -0.0652. The normalized spacial score (nSPS) is 18.0. The molecule has 0 bridgehead atoms. The van der Waals surface area contributed by atoms with Gasteiger partial charge in [0.2, 0.25) is 0 Å². The molecule has 22 heavy (non-hydrogen) atoms. The fraction of sp³-hybridized carbons (Fsp3) is 0.308. The van der Waals surface area contributed by atoms with Crippen LogP contribution in [0.2, 0.25) is 5.15 Å². The predicted octanol–water partition coefficient (Wildman–Crippen LogP) is 1.83. The average Bonchev–Trinajstić information content (AvgIpc) is 2.48. The van der Waals surface area contributed by atoms with Crippen LogP contribution in [0.3, 0.4) is 0 Å². The number of fused-ring (bicyclic) bond motifs is 1. The van der Waals surface area contributed by atoms with Crippen LogP contribution in [-0.2, 0) is 4.74 Å². The van der Waals surface area contributed by atoms with E-state index in [1.54, 1.807) is 6.20 Å². The van der Waals surface area contributed by atoms with E-state index in [9.17, 15) is 0 Å². The van der Waals surface area contributed by atoms with Crippen LogP contribution in [0.4, 0.5) is 11.6 Å². The van der Waals surface area contributed by atoms with E-state index in [0.29, 0.717) is 36.4 Å². The Morgan fingerprint density at radius 2 is 2.18 bits per heavy atom. The van der Waals surface area contributed by atoms with Crippen molar-refractivity contribution in [2.45, 2.75) is 15.5 Å². The van der Waals surface area contributed by atoms with Crippen molar-refractivity contribution in [1.82, 2.24) is 15.0 Å². The molecule has 2 aromatic heterocycles. The first-order chi connectivity index (χ1) is 10.7. The third-order valence-electron chi connectivity index (χ3n) is 3.44. The molecule has 0 aromatic carbocycles. The molecule has 0 atom stereocenters. The Morgan fingerprint density at radius 3 is 2.91 bits per heavy atom. The quantitative estimate of drug-likeness (QED) is 0.857. The van der Waals surface area contributed by atoms with E-state index >= 15 is 0 Å². The molecule has 1 fully saturated rings. The number of halogens is 1. The van der Waals surface area contributed by atoms with Gasteiger partial charge in [-0.15, -0.1) is 0 Å². The minimum Gasteiger partial charge on any atom is -0.486 e. The molecule has 2 aliphatic heterocycles. The number of nitrogens with zero attached hydrogens (tertiary/aromatic N) is 3. The zero-order valence-electron chi connectivity index (χ0n) is 11.4. The van der Waals surface area contributed by atoms with Crippen molar-refractivity contribution in [1.29, 1.82) is 0 Å². The van der Waals surface area contributed by atoms with Gasteiger partial charge in [0.05, 0.1) is 24.3 Å². The van der Waals surface area contributed by atoms with E-state index in [-0.39, 0.29) is 16.5 Å². The lowest BCUT2D eigenvalue weighted by Gasteiger charge is -2.44. The van der Waals surface area contributed by atoms with Crippen molar-refractivity contribution >= 4 is 35.0 Å². The van der Waals surface area contributed by atoms with Gasteiger partial charge in [0, 0.05) is 6.20 Å². The lowest BCUT2D eigenvalue weighted by Crippen LogP contribution is -2.61. The van der Waals surface area contributed by atoms with Gasteiger partial charge in [-0.05, 0) is 6.07 Å². The number of ether oxygens (including phenoxy) is 2. The molecule has 0 radical (unpaired) electrons. The van der Waals surface area contributed by atoms with Crippen molar-refractivity contribution in [3.63, 3.8) is 0 Å². The molecule has 0 saturated carbocycles. The Balaban J connectivity index is 1.64. The minimum absolute atomic E-state index is 0.150. The minimum atomic E-state index is -0.150. The van der Waals surface area contributed by atoms with Crippen molar-refractivity contribution < 1.29 is 9.47 Å². The van der Waals surface area contributed by atoms with E-state index in [4.69, 9.17) is 26.8 Å². The number of nitrogens with one attached hydrogen (secondary N) is 1. The SMILES string of the molecule is Nc1nc(Cl)cnc1Sc1ccnc2c1OCC1(COC1)N2. The number of rotatable bonds is 2. The van der Waals surface area contributed by atoms with E-state index < -0.39 is 0 Å².